The zero-order valence-electron chi connectivity index (χ0n) is 37.8. The van der Waals surface area contributed by atoms with E-state index in [1.54, 1.807) is 11.3 Å². The number of methoxy groups -OCH3 is 2. The lowest BCUT2D eigenvalue weighted by atomic mass is 9.83. The Balaban J connectivity index is 0.976. The van der Waals surface area contributed by atoms with Gasteiger partial charge in [0.25, 0.3) is 0 Å². The quantitative estimate of drug-likeness (QED) is 0.0729. The van der Waals surface area contributed by atoms with Gasteiger partial charge in [-0.1, -0.05) is 58.7 Å². The normalized spacial score (nSPS) is 20.8. The van der Waals surface area contributed by atoms with Gasteiger partial charge in [0, 0.05) is 25.1 Å². The minimum atomic E-state index is -1.22. The number of carbonyl (C=O) groups excluding carboxylic acids is 3. The first-order chi connectivity index (χ1) is 30.9. The third-order valence-electron chi connectivity index (χ3n) is 14.3. The molecule has 0 bridgehead atoms. The highest BCUT2D eigenvalue weighted by atomic mass is 32.1. The van der Waals surface area contributed by atoms with Crippen molar-refractivity contribution in [3.8, 4) is 32.1 Å². The molecule has 14 nitrogen and oxygen atoms in total. The smallest absolute Gasteiger partial charge is 0.407 e. The Kier molecular flexibility index (Phi) is 12.5. The van der Waals surface area contributed by atoms with Gasteiger partial charge in [-0.05, 0) is 121 Å². The van der Waals surface area contributed by atoms with Crippen LogP contribution in [0.4, 0.5) is 4.79 Å². The van der Waals surface area contributed by atoms with Crippen LogP contribution in [0.15, 0.2) is 48.7 Å². The van der Waals surface area contributed by atoms with Gasteiger partial charge in [0.05, 0.1) is 53.0 Å². The lowest BCUT2D eigenvalue weighted by molar-refractivity contribution is -0.145. The lowest BCUT2D eigenvalue weighted by Crippen LogP contribution is -2.52. The number of nitrogens with one attached hydrogen (secondary N) is 4. The molecule has 5 aromatic rings. The molecular formula is C49H62N8O6S. The van der Waals surface area contributed by atoms with E-state index in [-0.39, 0.29) is 35.7 Å². The molecule has 2 aliphatic carbocycles. The van der Waals surface area contributed by atoms with Crippen LogP contribution in [0.1, 0.15) is 114 Å². The van der Waals surface area contributed by atoms with Crippen molar-refractivity contribution in [1.82, 2.24) is 40.4 Å². The van der Waals surface area contributed by atoms with Gasteiger partial charge in [0.1, 0.15) is 17.7 Å². The molecule has 3 aromatic heterocycles. The second-order valence-electron chi connectivity index (χ2n) is 19.1. The van der Waals surface area contributed by atoms with Gasteiger partial charge in [0.15, 0.2) is 0 Å². The number of aromatic nitrogens is 4. The van der Waals surface area contributed by atoms with Crippen LogP contribution in [0, 0.1) is 17.3 Å². The number of nitrogens with zero attached hydrogens (tertiary/aromatic N) is 4. The summed E-state index contributed by atoms with van der Waals surface area (Å²) in [5, 5.41) is 15.8. The molecule has 5 heterocycles. The number of aromatic amines is 2. The molecule has 2 saturated heterocycles. The molecule has 64 heavy (non-hydrogen) atoms. The summed E-state index contributed by atoms with van der Waals surface area (Å²) in [6.07, 6.45) is 10.6. The molecule has 1 saturated carbocycles. The van der Waals surface area contributed by atoms with Crippen LogP contribution in [0.25, 0.3) is 43.2 Å². The summed E-state index contributed by atoms with van der Waals surface area (Å²) in [7, 11) is 2.71. The minimum Gasteiger partial charge on any atom is -0.453 e. The van der Waals surface area contributed by atoms with Crippen LogP contribution >= 0.6 is 11.3 Å². The van der Waals surface area contributed by atoms with Crippen molar-refractivity contribution < 1.29 is 29.0 Å². The lowest BCUT2D eigenvalue weighted by Gasteiger charge is -2.31. The number of alkyl carbamates (subject to hydrolysis) is 1. The maximum absolute atomic E-state index is 13.9. The molecular weight excluding hydrogens is 829 g/mol. The molecule has 2 aromatic carbocycles. The Morgan fingerprint density at radius 2 is 1.45 bits per heavy atom. The average Bonchev–Trinajstić information content (AvgIpc) is 4.15. The number of benzene rings is 2. The number of amides is 3. The standard InChI is InChI=1S/C49H62N8O6S/c1-27(2)41(54-47(60)62-5)45(58)56-21-9-11-37(56)43-50-26-36(53-43)40-18-17-39(64-40)31-15-14-30(32-24-49(25-33(31)32)19-7-8-20-49)29-13-16-34-35(23-29)52-44(51-34)38-12-10-22-57(38)46(59)42(28(3)4)55-48(61)63-6/h13-18,23,26-28,37-38,41-42,48,55,61H,7-12,19-22,24-25H2,1-6H3,(H,50,53)(H,51,52)(H,54,60)/t37?,38-,41-,42-,48?/m0/s1. The monoisotopic (exact) mass is 890 g/mol. The zero-order valence-corrected chi connectivity index (χ0v) is 38.6. The van der Waals surface area contributed by atoms with Crippen LogP contribution < -0.4 is 10.6 Å². The van der Waals surface area contributed by atoms with Gasteiger partial charge in [-0.25, -0.2) is 14.8 Å². The summed E-state index contributed by atoms with van der Waals surface area (Å²) in [5.74, 6) is 1.22. The fourth-order valence-electron chi connectivity index (χ4n) is 11.0. The van der Waals surface area contributed by atoms with Gasteiger partial charge in [-0.15, -0.1) is 11.3 Å². The number of hydrogen-bond donors (Lipinski definition) is 5. The first kappa shape index (κ1) is 44.1. The molecule has 5 N–H and O–H groups in total. The SMILES string of the molecule is COC(=O)N[C@H](C(=O)N1CCCC1c1ncc(-c2ccc(-c3ccc(-c4ccc5nc([C@@H]6CCCN6C(=O)[C@@H](NC(O)OC)C(C)C)[nH]c5c4)c4c3CC3(CCCC3)C4)s2)[nH]1)C(C)C. The zero-order chi connectivity index (χ0) is 44.9. The number of carbonyl (C=O) groups is 3. The van der Waals surface area contributed by atoms with E-state index < -0.39 is 24.6 Å². The van der Waals surface area contributed by atoms with E-state index in [1.807, 2.05) is 43.7 Å². The Hall–Kier alpha value is -5.09. The number of hydrogen-bond acceptors (Lipinski definition) is 10. The molecule has 4 aliphatic rings. The molecule has 1 spiro atoms. The van der Waals surface area contributed by atoms with Gasteiger partial charge in [-0.2, -0.15) is 0 Å². The number of thiophene rings is 1. The second kappa shape index (κ2) is 18.1. The summed E-state index contributed by atoms with van der Waals surface area (Å²) in [5.41, 5.74) is 9.69. The maximum Gasteiger partial charge on any atom is 0.407 e. The number of aliphatic hydroxyl groups is 1. The van der Waals surface area contributed by atoms with Crippen molar-refractivity contribution in [2.24, 2.45) is 17.3 Å². The molecule has 5 atom stereocenters. The molecule has 9 rings (SSSR count). The number of H-pyrrole nitrogens is 2. The van der Waals surface area contributed by atoms with E-state index in [2.05, 4.69) is 63.1 Å². The largest absolute Gasteiger partial charge is 0.453 e. The summed E-state index contributed by atoms with van der Waals surface area (Å²) in [4.78, 5) is 62.8. The van der Waals surface area contributed by atoms with Crippen LogP contribution in [0.2, 0.25) is 0 Å². The van der Waals surface area contributed by atoms with Gasteiger partial charge in [0.2, 0.25) is 18.2 Å². The third-order valence-corrected chi connectivity index (χ3v) is 15.5. The highest BCUT2D eigenvalue weighted by Crippen LogP contribution is 2.54. The van der Waals surface area contributed by atoms with E-state index >= 15 is 0 Å². The third kappa shape index (κ3) is 8.36. The van der Waals surface area contributed by atoms with Gasteiger partial charge in [-0.3, -0.25) is 14.9 Å². The topological polar surface area (TPSA) is 178 Å². The molecule has 3 fully saturated rings. The van der Waals surface area contributed by atoms with Crippen molar-refractivity contribution in [2.75, 3.05) is 27.3 Å². The van der Waals surface area contributed by atoms with Gasteiger partial charge >= 0.3 is 6.09 Å². The van der Waals surface area contributed by atoms with E-state index in [9.17, 15) is 19.5 Å². The maximum atomic E-state index is 13.9. The summed E-state index contributed by atoms with van der Waals surface area (Å²) in [6.45, 7) is 9.02. The number of aliphatic hydroxyl groups excluding tert-OH is 1. The highest BCUT2D eigenvalue weighted by molar-refractivity contribution is 7.18. The van der Waals surface area contributed by atoms with Crippen molar-refractivity contribution >= 4 is 40.3 Å². The first-order valence-electron chi connectivity index (χ1n) is 23.1. The van der Waals surface area contributed by atoms with Gasteiger partial charge < -0.3 is 39.7 Å². The van der Waals surface area contributed by atoms with E-state index in [0.717, 1.165) is 77.3 Å². The van der Waals surface area contributed by atoms with E-state index in [4.69, 9.17) is 19.4 Å². The molecule has 2 aliphatic heterocycles. The molecule has 0 radical (unpaired) electrons. The fraction of sp³-hybridized carbons (Fsp3) is 0.531. The first-order valence-corrected chi connectivity index (χ1v) is 23.9. The number of likely N-dealkylation sites (tertiary alicyclic amines) is 2. The van der Waals surface area contributed by atoms with E-state index in [0.29, 0.717) is 18.5 Å². The fourth-order valence-corrected chi connectivity index (χ4v) is 12.0. The summed E-state index contributed by atoms with van der Waals surface area (Å²) in [6, 6.07) is 13.9. The van der Waals surface area contributed by atoms with E-state index in [1.165, 1.54) is 67.0 Å². The van der Waals surface area contributed by atoms with Crippen LogP contribution in [-0.4, -0.2) is 98.6 Å². The van der Waals surface area contributed by atoms with Crippen molar-refractivity contribution in [1.29, 1.82) is 0 Å². The molecule has 15 heteroatoms. The Morgan fingerprint density at radius 3 is 2.12 bits per heavy atom. The van der Waals surface area contributed by atoms with Crippen LogP contribution in [0.5, 0.6) is 0 Å². The average molecular weight is 891 g/mol. The predicted molar refractivity (Wildman–Crippen MR) is 247 cm³/mol. The Labute approximate surface area is 378 Å². The predicted octanol–water partition coefficient (Wildman–Crippen LogP) is 8.25. The number of ether oxygens (including phenoxy) is 2. The summed E-state index contributed by atoms with van der Waals surface area (Å²) < 4.78 is 9.83. The Morgan fingerprint density at radius 1 is 0.812 bits per heavy atom. The van der Waals surface area contributed by atoms with Crippen LogP contribution in [0.3, 0.4) is 0 Å². The number of imidazole rings is 2. The Bertz CT molecular complexity index is 2520. The highest BCUT2D eigenvalue weighted by Gasteiger charge is 2.43. The van der Waals surface area contributed by atoms with Crippen molar-refractivity contribution in [3.63, 3.8) is 0 Å². The van der Waals surface area contributed by atoms with Crippen LogP contribution in [-0.2, 0) is 31.9 Å². The second-order valence-corrected chi connectivity index (χ2v) is 20.2. The molecule has 2 unspecified atom stereocenters. The number of fused-ring (bicyclic) bond motifs is 2. The van der Waals surface area contributed by atoms with Crippen molar-refractivity contribution in [2.45, 2.75) is 122 Å². The van der Waals surface area contributed by atoms with Crippen molar-refractivity contribution in [3.05, 3.63) is 71.4 Å². The molecule has 3 amide bonds. The summed E-state index contributed by atoms with van der Waals surface area (Å²) >= 11 is 1.77. The molecule has 340 valence electrons. The number of rotatable bonds is 13. The minimum absolute atomic E-state index is 0.0451.